The fraction of sp³-hybridized carbons (Fsp3) is 0.222. The van der Waals surface area contributed by atoms with Crippen molar-refractivity contribution in [2.24, 2.45) is 0 Å². The molecule has 0 fully saturated rings. The lowest BCUT2D eigenvalue weighted by Gasteiger charge is -2.19. The number of hydrogen-bond donors (Lipinski definition) is 2. The summed E-state index contributed by atoms with van der Waals surface area (Å²) in [7, 11) is 0. The Morgan fingerprint density at radius 3 is 3.17 bits per heavy atom. The van der Waals surface area contributed by atoms with Crippen molar-refractivity contribution in [3.63, 3.8) is 0 Å². The minimum Gasteiger partial charge on any atom is -0.378 e. The van der Waals surface area contributed by atoms with Gasteiger partial charge in [0.15, 0.2) is 0 Å². The van der Waals surface area contributed by atoms with Crippen molar-refractivity contribution in [2.45, 2.75) is 6.42 Å². The average Bonchev–Trinajstić information content (AvgIpc) is 2.28. The van der Waals surface area contributed by atoms with Gasteiger partial charge >= 0.3 is 0 Å². The molecule has 2 rings (SSSR count). The van der Waals surface area contributed by atoms with Crippen LogP contribution in [0, 0.1) is 0 Å². The van der Waals surface area contributed by atoms with E-state index in [0.29, 0.717) is 6.54 Å². The monoisotopic (exact) mass is 162 g/mol. The minimum absolute atomic E-state index is 0.0281. The molecule has 0 spiro atoms. The molecule has 2 N–H and O–H groups in total. The second-order valence-corrected chi connectivity index (χ2v) is 2.79. The first-order chi connectivity index (χ1) is 5.86. The number of allylic oxidation sites excluding steroid dienone is 4. The zero-order valence-electron chi connectivity index (χ0n) is 6.63. The normalized spacial score (nSPS) is 21.2. The third-order valence-corrected chi connectivity index (χ3v) is 1.89. The molecule has 1 heterocycles. The number of hydrogen-bond acceptors (Lipinski definition) is 2. The van der Waals surface area contributed by atoms with E-state index < -0.39 is 0 Å². The van der Waals surface area contributed by atoms with Crippen LogP contribution in [0.5, 0.6) is 0 Å². The van der Waals surface area contributed by atoms with Gasteiger partial charge in [0, 0.05) is 12.1 Å². The highest BCUT2D eigenvalue weighted by Crippen LogP contribution is 2.11. The Hall–Kier alpha value is -1.51. The first-order valence-corrected chi connectivity index (χ1v) is 3.96. The summed E-state index contributed by atoms with van der Waals surface area (Å²) in [6.07, 6.45) is 8.73. The van der Waals surface area contributed by atoms with Crippen molar-refractivity contribution < 1.29 is 4.79 Å². The molecule has 2 aliphatic rings. The molecule has 0 bridgehead atoms. The maximum Gasteiger partial charge on any atom is 0.243 e. The predicted octanol–water partition coefficient (Wildman–Crippen LogP) is 0.434. The Morgan fingerprint density at radius 1 is 1.33 bits per heavy atom. The molecular formula is C9H10N2O. The SMILES string of the molecule is O=C1CNC2=C(C=CC=CC2)N1. The summed E-state index contributed by atoms with van der Waals surface area (Å²) in [5.74, 6) is 0.0281. The zero-order chi connectivity index (χ0) is 8.39. The largest absolute Gasteiger partial charge is 0.378 e. The molecule has 0 aromatic rings. The van der Waals surface area contributed by atoms with Gasteiger partial charge in [0.1, 0.15) is 0 Å². The molecule has 1 amide bonds. The van der Waals surface area contributed by atoms with Crippen LogP contribution < -0.4 is 10.6 Å². The molecule has 1 aliphatic carbocycles. The third kappa shape index (κ3) is 1.25. The quantitative estimate of drug-likeness (QED) is 0.542. The number of nitrogens with one attached hydrogen (secondary N) is 2. The van der Waals surface area contributed by atoms with Gasteiger partial charge in [-0.3, -0.25) is 4.79 Å². The van der Waals surface area contributed by atoms with Crippen LogP contribution >= 0.6 is 0 Å². The van der Waals surface area contributed by atoms with Gasteiger partial charge in [-0.2, -0.15) is 0 Å². The fourth-order valence-electron chi connectivity index (χ4n) is 1.29. The Bertz CT molecular complexity index is 300. The van der Waals surface area contributed by atoms with E-state index in [2.05, 4.69) is 16.7 Å². The highest BCUT2D eigenvalue weighted by Gasteiger charge is 2.14. The second kappa shape index (κ2) is 2.85. The van der Waals surface area contributed by atoms with Gasteiger partial charge in [0.25, 0.3) is 0 Å². The lowest BCUT2D eigenvalue weighted by molar-refractivity contribution is -0.119. The molecule has 0 unspecified atom stereocenters. The van der Waals surface area contributed by atoms with E-state index in [0.717, 1.165) is 17.8 Å². The van der Waals surface area contributed by atoms with Crippen molar-refractivity contribution in [3.8, 4) is 0 Å². The molecule has 12 heavy (non-hydrogen) atoms. The van der Waals surface area contributed by atoms with Gasteiger partial charge in [0.05, 0.1) is 12.2 Å². The molecular weight excluding hydrogens is 152 g/mol. The number of carbonyl (C=O) groups is 1. The smallest absolute Gasteiger partial charge is 0.243 e. The lowest BCUT2D eigenvalue weighted by Crippen LogP contribution is -2.39. The van der Waals surface area contributed by atoms with Crippen LogP contribution in [0.2, 0.25) is 0 Å². The molecule has 3 nitrogen and oxygen atoms in total. The molecule has 1 aliphatic heterocycles. The summed E-state index contributed by atoms with van der Waals surface area (Å²) in [5, 5.41) is 5.89. The maximum absolute atomic E-state index is 11.0. The van der Waals surface area contributed by atoms with Crippen molar-refractivity contribution in [3.05, 3.63) is 35.7 Å². The Balaban J connectivity index is 2.29. The van der Waals surface area contributed by atoms with Crippen molar-refractivity contribution in [2.75, 3.05) is 6.54 Å². The van der Waals surface area contributed by atoms with E-state index in [1.54, 1.807) is 0 Å². The van der Waals surface area contributed by atoms with E-state index >= 15 is 0 Å². The molecule has 0 aromatic carbocycles. The van der Waals surface area contributed by atoms with Crippen LogP contribution in [-0.2, 0) is 4.79 Å². The summed E-state index contributed by atoms with van der Waals surface area (Å²) in [4.78, 5) is 11.0. The van der Waals surface area contributed by atoms with Crippen LogP contribution in [0.1, 0.15) is 6.42 Å². The van der Waals surface area contributed by atoms with Crippen LogP contribution in [0.25, 0.3) is 0 Å². The van der Waals surface area contributed by atoms with Gasteiger partial charge in [0.2, 0.25) is 5.91 Å². The lowest BCUT2D eigenvalue weighted by atomic mass is 10.2. The van der Waals surface area contributed by atoms with E-state index in [9.17, 15) is 4.79 Å². The minimum atomic E-state index is 0.0281. The summed E-state index contributed by atoms with van der Waals surface area (Å²) >= 11 is 0. The van der Waals surface area contributed by atoms with E-state index in [-0.39, 0.29) is 5.91 Å². The van der Waals surface area contributed by atoms with Gasteiger partial charge < -0.3 is 10.6 Å². The molecule has 0 saturated heterocycles. The first-order valence-electron chi connectivity index (χ1n) is 3.96. The summed E-state index contributed by atoms with van der Waals surface area (Å²) in [6.45, 7) is 0.389. The van der Waals surface area contributed by atoms with Crippen molar-refractivity contribution in [1.82, 2.24) is 10.6 Å². The molecule has 0 saturated carbocycles. The van der Waals surface area contributed by atoms with Gasteiger partial charge in [-0.05, 0) is 6.08 Å². The van der Waals surface area contributed by atoms with Gasteiger partial charge in [-0.15, -0.1) is 0 Å². The van der Waals surface area contributed by atoms with Crippen molar-refractivity contribution in [1.29, 1.82) is 0 Å². The van der Waals surface area contributed by atoms with Crippen LogP contribution in [0.15, 0.2) is 35.7 Å². The molecule has 62 valence electrons. The van der Waals surface area contributed by atoms with Crippen molar-refractivity contribution >= 4 is 5.91 Å². The third-order valence-electron chi connectivity index (χ3n) is 1.89. The Kier molecular flexibility index (Phi) is 1.70. The topological polar surface area (TPSA) is 41.1 Å². The summed E-state index contributed by atoms with van der Waals surface area (Å²) < 4.78 is 0. The summed E-state index contributed by atoms with van der Waals surface area (Å²) in [6, 6.07) is 0. The average molecular weight is 162 g/mol. The fourth-order valence-corrected chi connectivity index (χ4v) is 1.29. The number of amides is 1. The Morgan fingerprint density at radius 2 is 2.25 bits per heavy atom. The van der Waals surface area contributed by atoms with Crippen LogP contribution in [0.4, 0.5) is 0 Å². The zero-order valence-corrected chi connectivity index (χ0v) is 6.63. The number of rotatable bonds is 0. The van der Waals surface area contributed by atoms with E-state index in [4.69, 9.17) is 0 Å². The van der Waals surface area contributed by atoms with Crippen LogP contribution in [0.3, 0.4) is 0 Å². The number of carbonyl (C=O) groups excluding carboxylic acids is 1. The highest BCUT2D eigenvalue weighted by atomic mass is 16.2. The highest BCUT2D eigenvalue weighted by molar-refractivity contribution is 5.82. The van der Waals surface area contributed by atoms with Gasteiger partial charge in [-0.25, -0.2) is 0 Å². The molecule has 0 radical (unpaired) electrons. The molecule has 0 aromatic heterocycles. The van der Waals surface area contributed by atoms with Gasteiger partial charge in [-0.1, -0.05) is 18.2 Å². The van der Waals surface area contributed by atoms with E-state index in [1.165, 1.54) is 0 Å². The summed E-state index contributed by atoms with van der Waals surface area (Å²) in [5.41, 5.74) is 2.00. The predicted molar refractivity (Wildman–Crippen MR) is 46.1 cm³/mol. The van der Waals surface area contributed by atoms with E-state index in [1.807, 2.05) is 18.2 Å². The van der Waals surface area contributed by atoms with Crippen LogP contribution in [-0.4, -0.2) is 12.5 Å². The molecule has 0 atom stereocenters. The first kappa shape index (κ1) is 7.16. The second-order valence-electron chi connectivity index (χ2n) is 2.79. The molecule has 3 heteroatoms. The maximum atomic E-state index is 11.0. The Labute approximate surface area is 70.8 Å². The standard InChI is InChI=1S/C9H10N2O/c12-9-6-10-7-4-2-1-3-5-8(7)11-9/h1-3,5,10H,4,6H2,(H,11,12).